The normalized spacial score (nSPS) is 14.2. The summed E-state index contributed by atoms with van der Waals surface area (Å²) in [6.45, 7) is 5.52. The lowest BCUT2D eigenvalue weighted by atomic mass is 10.1. The average molecular weight is 337 g/mol. The maximum Gasteiger partial charge on any atom is 0.257 e. The molecule has 1 aromatic heterocycles. The number of aryl methyl sites for hydroxylation is 2. The predicted octanol–water partition coefficient (Wildman–Crippen LogP) is 3.58. The number of likely N-dealkylation sites (tertiary alicyclic amines) is 1. The zero-order valence-electron chi connectivity index (χ0n) is 14.7. The third kappa shape index (κ3) is 4.05. The number of rotatable bonds is 3. The minimum absolute atomic E-state index is 0.0478. The molecule has 0 aliphatic carbocycles. The topological polar surface area (TPSA) is 62.3 Å². The Labute approximate surface area is 148 Å². The quantitative estimate of drug-likeness (QED) is 0.931. The van der Waals surface area contributed by atoms with E-state index in [2.05, 4.69) is 10.3 Å². The molecule has 1 aromatic carbocycles. The Kier molecular flexibility index (Phi) is 5.12. The molecule has 1 aliphatic rings. The van der Waals surface area contributed by atoms with Crippen LogP contribution < -0.4 is 5.32 Å². The summed E-state index contributed by atoms with van der Waals surface area (Å²) in [5.41, 5.74) is 3.77. The van der Waals surface area contributed by atoms with E-state index in [0.717, 1.165) is 42.7 Å². The minimum Gasteiger partial charge on any atom is -0.339 e. The number of aromatic nitrogens is 1. The molecule has 0 bridgehead atoms. The Morgan fingerprint density at radius 2 is 1.72 bits per heavy atom. The van der Waals surface area contributed by atoms with E-state index in [1.165, 1.54) is 18.8 Å². The number of piperidine rings is 1. The van der Waals surface area contributed by atoms with Gasteiger partial charge in [-0.2, -0.15) is 0 Å². The molecule has 2 amide bonds. The summed E-state index contributed by atoms with van der Waals surface area (Å²) >= 11 is 0. The Balaban J connectivity index is 1.76. The summed E-state index contributed by atoms with van der Waals surface area (Å²) in [7, 11) is 0. The van der Waals surface area contributed by atoms with Crippen molar-refractivity contribution >= 4 is 17.5 Å². The van der Waals surface area contributed by atoms with E-state index in [9.17, 15) is 9.59 Å². The van der Waals surface area contributed by atoms with Gasteiger partial charge in [0, 0.05) is 31.2 Å². The van der Waals surface area contributed by atoms with Gasteiger partial charge in [0.1, 0.15) is 0 Å². The summed E-state index contributed by atoms with van der Waals surface area (Å²) in [5.74, 6) is -0.305. The summed E-state index contributed by atoms with van der Waals surface area (Å²) in [5, 5.41) is 2.90. The molecule has 0 spiro atoms. The highest BCUT2D eigenvalue weighted by Crippen LogP contribution is 2.18. The van der Waals surface area contributed by atoms with E-state index in [1.54, 1.807) is 6.07 Å². The van der Waals surface area contributed by atoms with Crippen LogP contribution in [0, 0.1) is 13.8 Å². The first-order valence-corrected chi connectivity index (χ1v) is 8.67. The van der Waals surface area contributed by atoms with Crippen LogP contribution in [0.1, 0.15) is 51.1 Å². The number of amides is 2. The highest BCUT2D eigenvalue weighted by molar-refractivity contribution is 6.06. The fourth-order valence-electron chi connectivity index (χ4n) is 3.11. The van der Waals surface area contributed by atoms with Crippen LogP contribution in [-0.2, 0) is 0 Å². The van der Waals surface area contributed by atoms with Gasteiger partial charge in [-0.05, 0) is 50.8 Å². The highest BCUT2D eigenvalue weighted by Gasteiger charge is 2.19. The van der Waals surface area contributed by atoms with Gasteiger partial charge in [-0.25, -0.2) is 0 Å². The minimum atomic E-state index is -0.257. The molecule has 5 nitrogen and oxygen atoms in total. The lowest BCUT2D eigenvalue weighted by Gasteiger charge is -2.26. The number of nitrogens with one attached hydrogen (secondary N) is 1. The number of hydrogen-bond acceptors (Lipinski definition) is 3. The number of anilines is 1. The fraction of sp³-hybridized carbons (Fsp3) is 0.350. The first-order valence-electron chi connectivity index (χ1n) is 8.67. The molecule has 25 heavy (non-hydrogen) atoms. The van der Waals surface area contributed by atoms with Gasteiger partial charge in [-0.15, -0.1) is 0 Å². The monoisotopic (exact) mass is 337 g/mol. The third-order valence-electron chi connectivity index (χ3n) is 4.52. The van der Waals surface area contributed by atoms with Crippen molar-refractivity contribution in [3.63, 3.8) is 0 Å². The van der Waals surface area contributed by atoms with Crippen molar-refractivity contribution < 1.29 is 9.59 Å². The number of nitrogens with zero attached hydrogens (tertiary/aromatic N) is 2. The van der Waals surface area contributed by atoms with E-state index in [4.69, 9.17) is 0 Å². The van der Waals surface area contributed by atoms with E-state index in [1.807, 2.05) is 36.9 Å². The molecule has 1 saturated heterocycles. The fourth-order valence-corrected chi connectivity index (χ4v) is 3.11. The second-order valence-electron chi connectivity index (χ2n) is 6.59. The maximum absolute atomic E-state index is 12.6. The molecule has 2 heterocycles. The van der Waals surface area contributed by atoms with Gasteiger partial charge in [0.05, 0.1) is 11.1 Å². The lowest BCUT2D eigenvalue weighted by molar-refractivity contribution is 0.0724. The van der Waals surface area contributed by atoms with Crippen LogP contribution in [0.25, 0.3) is 0 Å². The van der Waals surface area contributed by atoms with Crippen molar-refractivity contribution in [2.75, 3.05) is 18.4 Å². The van der Waals surface area contributed by atoms with Crippen LogP contribution in [-0.4, -0.2) is 34.8 Å². The van der Waals surface area contributed by atoms with E-state index >= 15 is 0 Å². The molecule has 5 heteroatoms. The molecule has 0 radical (unpaired) electrons. The smallest absolute Gasteiger partial charge is 0.257 e. The Bertz CT molecular complexity index is 795. The van der Waals surface area contributed by atoms with E-state index < -0.39 is 0 Å². The molecular formula is C20H23N3O2. The van der Waals surface area contributed by atoms with Crippen LogP contribution in [0.15, 0.2) is 36.7 Å². The SMILES string of the molecule is Cc1ccc(NC(=O)c2cncc(C(=O)N3CCCCC3)c2)c(C)c1. The van der Waals surface area contributed by atoms with Crippen LogP contribution in [0.2, 0.25) is 0 Å². The predicted molar refractivity (Wildman–Crippen MR) is 97.9 cm³/mol. The number of benzene rings is 1. The van der Waals surface area contributed by atoms with Crippen LogP contribution in [0.3, 0.4) is 0 Å². The molecule has 0 atom stereocenters. The second-order valence-corrected chi connectivity index (χ2v) is 6.59. The van der Waals surface area contributed by atoms with Crippen molar-refractivity contribution in [1.29, 1.82) is 0 Å². The molecule has 1 aliphatic heterocycles. The molecule has 0 saturated carbocycles. The van der Waals surface area contributed by atoms with E-state index in [-0.39, 0.29) is 11.8 Å². The lowest BCUT2D eigenvalue weighted by Crippen LogP contribution is -2.35. The highest BCUT2D eigenvalue weighted by atomic mass is 16.2. The van der Waals surface area contributed by atoms with Crippen LogP contribution in [0.4, 0.5) is 5.69 Å². The van der Waals surface area contributed by atoms with Crippen molar-refractivity contribution in [1.82, 2.24) is 9.88 Å². The first-order chi connectivity index (χ1) is 12.0. The molecule has 2 aromatic rings. The van der Waals surface area contributed by atoms with Gasteiger partial charge in [0.15, 0.2) is 0 Å². The Morgan fingerprint density at radius 3 is 2.44 bits per heavy atom. The molecule has 0 unspecified atom stereocenters. The maximum atomic E-state index is 12.6. The van der Waals surface area contributed by atoms with E-state index in [0.29, 0.717) is 11.1 Å². The summed E-state index contributed by atoms with van der Waals surface area (Å²) in [4.78, 5) is 31.0. The van der Waals surface area contributed by atoms with Gasteiger partial charge in [0.2, 0.25) is 0 Å². The molecule has 1 fully saturated rings. The van der Waals surface area contributed by atoms with Crippen molar-refractivity contribution in [3.05, 3.63) is 58.9 Å². The van der Waals surface area contributed by atoms with Crippen molar-refractivity contribution in [2.24, 2.45) is 0 Å². The first kappa shape index (κ1) is 17.1. The second kappa shape index (κ2) is 7.47. The largest absolute Gasteiger partial charge is 0.339 e. The van der Waals surface area contributed by atoms with Gasteiger partial charge < -0.3 is 10.2 Å². The molecule has 130 valence electrons. The van der Waals surface area contributed by atoms with Gasteiger partial charge in [-0.3, -0.25) is 14.6 Å². The zero-order chi connectivity index (χ0) is 17.8. The number of pyridine rings is 1. The van der Waals surface area contributed by atoms with Crippen molar-refractivity contribution in [2.45, 2.75) is 33.1 Å². The standard InChI is InChI=1S/C20H23N3O2/c1-14-6-7-18(15(2)10-14)22-19(24)16-11-17(13-21-12-16)20(25)23-8-4-3-5-9-23/h6-7,10-13H,3-5,8-9H2,1-2H3,(H,22,24). The number of hydrogen-bond donors (Lipinski definition) is 1. The Morgan fingerprint density at radius 1 is 1.00 bits per heavy atom. The van der Waals surface area contributed by atoms with Crippen molar-refractivity contribution in [3.8, 4) is 0 Å². The summed E-state index contributed by atoms with van der Waals surface area (Å²) < 4.78 is 0. The van der Waals surface area contributed by atoms with Gasteiger partial charge >= 0.3 is 0 Å². The van der Waals surface area contributed by atoms with Gasteiger partial charge in [-0.1, -0.05) is 17.7 Å². The van der Waals surface area contributed by atoms with Crippen LogP contribution in [0.5, 0.6) is 0 Å². The average Bonchev–Trinajstić information content (AvgIpc) is 2.64. The summed E-state index contributed by atoms with van der Waals surface area (Å²) in [6.07, 6.45) is 6.26. The summed E-state index contributed by atoms with van der Waals surface area (Å²) in [6, 6.07) is 7.49. The Hall–Kier alpha value is -2.69. The third-order valence-corrected chi connectivity index (χ3v) is 4.52. The molecule has 1 N–H and O–H groups in total. The molecular weight excluding hydrogens is 314 g/mol. The van der Waals surface area contributed by atoms with Crippen LogP contribution >= 0.6 is 0 Å². The molecule has 3 rings (SSSR count). The number of carbonyl (C=O) groups is 2. The van der Waals surface area contributed by atoms with Gasteiger partial charge in [0.25, 0.3) is 11.8 Å². The number of carbonyl (C=O) groups excluding carboxylic acids is 2. The zero-order valence-corrected chi connectivity index (χ0v) is 14.7.